The quantitative estimate of drug-likeness (QED) is 0.857. The number of hydrogen-bond acceptors (Lipinski definition) is 2. The minimum absolute atomic E-state index is 0.0906. The summed E-state index contributed by atoms with van der Waals surface area (Å²) in [5, 5.41) is 3.51. The van der Waals surface area contributed by atoms with Gasteiger partial charge < -0.3 is 10.2 Å². The van der Waals surface area contributed by atoms with E-state index in [9.17, 15) is 4.39 Å². The molecule has 94 valence electrons. The highest BCUT2D eigenvalue weighted by atomic mass is 79.9. The van der Waals surface area contributed by atoms with Gasteiger partial charge in [-0.1, -0.05) is 0 Å². The van der Waals surface area contributed by atoms with Gasteiger partial charge in [-0.2, -0.15) is 0 Å². The van der Waals surface area contributed by atoms with Crippen LogP contribution in [-0.2, 0) is 0 Å². The molecule has 0 bridgehead atoms. The standard InChI is InChI=1S/C13H18BrFN2/c1-9-7-16-13(2,3)8-17(9)10-4-5-12(15)11(14)6-10/h4-6,9,16H,7-8H2,1-3H3. The Hall–Kier alpha value is -0.610. The molecule has 1 aromatic rings. The van der Waals surface area contributed by atoms with E-state index in [4.69, 9.17) is 0 Å². The van der Waals surface area contributed by atoms with Crippen molar-refractivity contribution in [2.45, 2.75) is 32.4 Å². The third-order valence-corrected chi connectivity index (χ3v) is 3.82. The maximum atomic E-state index is 13.2. The van der Waals surface area contributed by atoms with E-state index in [1.165, 1.54) is 6.07 Å². The van der Waals surface area contributed by atoms with Crippen LogP contribution in [0.25, 0.3) is 0 Å². The Bertz CT molecular complexity index is 420. The second kappa shape index (κ2) is 4.58. The van der Waals surface area contributed by atoms with Crippen LogP contribution >= 0.6 is 15.9 Å². The molecule has 1 aromatic carbocycles. The zero-order valence-electron chi connectivity index (χ0n) is 10.4. The van der Waals surface area contributed by atoms with Gasteiger partial charge in [0, 0.05) is 30.4 Å². The van der Waals surface area contributed by atoms with Crippen molar-refractivity contribution >= 4 is 21.6 Å². The molecular weight excluding hydrogens is 283 g/mol. The van der Waals surface area contributed by atoms with E-state index in [2.05, 4.69) is 46.9 Å². The molecule has 1 N–H and O–H groups in total. The van der Waals surface area contributed by atoms with Gasteiger partial charge in [-0.3, -0.25) is 0 Å². The van der Waals surface area contributed by atoms with Crippen LogP contribution < -0.4 is 10.2 Å². The smallest absolute Gasteiger partial charge is 0.137 e. The van der Waals surface area contributed by atoms with Crippen molar-refractivity contribution in [2.24, 2.45) is 0 Å². The SMILES string of the molecule is CC1CNC(C)(C)CN1c1ccc(F)c(Br)c1. The van der Waals surface area contributed by atoms with E-state index < -0.39 is 0 Å². The van der Waals surface area contributed by atoms with Gasteiger partial charge in [0.2, 0.25) is 0 Å². The van der Waals surface area contributed by atoms with Crippen molar-refractivity contribution in [3.63, 3.8) is 0 Å². The molecule has 1 aliphatic heterocycles. The number of nitrogens with zero attached hydrogens (tertiary/aromatic N) is 1. The lowest BCUT2D eigenvalue weighted by atomic mass is 9.98. The summed E-state index contributed by atoms with van der Waals surface area (Å²) in [4.78, 5) is 2.32. The fourth-order valence-corrected chi connectivity index (χ4v) is 2.55. The molecule has 1 atom stereocenters. The minimum Gasteiger partial charge on any atom is -0.366 e. The summed E-state index contributed by atoms with van der Waals surface area (Å²) >= 11 is 3.24. The molecule has 17 heavy (non-hydrogen) atoms. The third kappa shape index (κ3) is 2.80. The topological polar surface area (TPSA) is 15.3 Å². The van der Waals surface area contributed by atoms with Crippen LogP contribution in [0.5, 0.6) is 0 Å². The minimum atomic E-state index is -0.212. The van der Waals surface area contributed by atoms with Crippen molar-refractivity contribution in [1.82, 2.24) is 5.32 Å². The molecule has 1 aliphatic rings. The van der Waals surface area contributed by atoms with Gasteiger partial charge in [-0.05, 0) is 54.9 Å². The summed E-state index contributed by atoms with van der Waals surface area (Å²) in [5.74, 6) is -0.212. The molecule has 1 heterocycles. The molecule has 2 nitrogen and oxygen atoms in total. The van der Waals surface area contributed by atoms with E-state index in [1.807, 2.05) is 12.1 Å². The maximum absolute atomic E-state index is 13.2. The van der Waals surface area contributed by atoms with Crippen molar-refractivity contribution in [3.05, 3.63) is 28.5 Å². The first-order valence-electron chi connectivity index (χ1n) is 5.86. The number of piperazine rings is 1. The lowest BCUT2D eigenvalue weighted by molar-refractivity contribution is 0.318. The first-order valence-corrected chi connectivity index (χ1v) is 6.65. The van der Waals surface area contributed by atoms with Crippen LogP contribution in [0.3, 0.4) is 0 Å². The van der Waals surface area contributed by atoms with E-state index >= 15 is 0 Å². The maximum Gasteiger partial charge on any atom is 0.137 e. The zero-order chi connectivity index (χ0) is 12.6. The van der Waals surface area contributed by atoms with E-state index in [-0.39, 0.29) is 11.4 Å². The molecule has 0 saturated carbocycles. The van der Waals surface area contributed by atoms with Crippen LogP contribution in [0, 0.1) is 5.82 Å². The predicted octanol–water partition coefficient (Wildman–Crippen LogP) is 3.16. The fraction of sp³-hybridized carbons (Fsp3) is 0.538. The molecule has 0 amide bonds. The monoisotopic (exact) mass is 300 g/mol. The summed E-state index contributed by atoms with van der Waals surface area (Å²) < 4.78 is 13.8. The highest BCUT2D eigenvalue weighted by Gasteiger charge is 2.30. The number of anilines is 1. The number of benzene rings is 1. The zero-order valence-corrected chi connectivity index (χ0v) is 12.0. The molecule has 0 spiro atoms. The number of hydrogen-bond donors (Lipinski definition) is 1. The van der Waals surface area contributed by atoms with Gasteiger partial charge in [0.1, 0.15) is 5.82 Å². The average molecular weight is 301 g/mol. The van der Waals surface area contributed by atoms with E-state index in [0.29, 0.717) is 10.5 Å². The molecule has 0 aliphatic carbocycles. The van der Waals surface area contributed by atoms with Crippen LogP contribution in [-0.4, -0.2) is 24.7 Å². The van der Waals surface area contributed by atoms with Crippen LogP contribution in [0.2, 0.25) is 0 Å². The lowest BCUT2D eigenvalue weighted by Crippen LogP contribution is -2.61. The van der Waals surface area contributed by atoms with Crippen LogP contribution in [0.1, 0.15) is 20.8 Å². The summed E-state index contributed by atoms with van der Waals surface area (Å²) in [6.07, 6.45) is 0. The van der Waals surface area contributed by atoms with Crippen LogP contribution in [0.15, 0.2) is 22.7 Å². The van der Waals surface area contributed by atoms with E-state index in [0.717, 1.165) is 18.8 Å². The molecule has 1 saturated heterocycles. The van der Waals surface area contributed by atoms with Crippen molar-refractivity contribution < 1.29 is 4.39 Å². The summed E-state index contributed by atoms with van der Waals surface area (Å²) in [5.41, 5.74) is 1.16. The molecule has 0 aromatic heterocycles. The number of halogens is 2. The Balaban J connectivity index is 2.28. The Kier molecular flexibility index (Phi) is 3.46. The summed E-state index contributed by atoms with van der Waals surface area (Å²) in [6, 6.07) is 5.63. The largest absolute Gasteiger partial charge is 0.366 e. The highest BCUT2D eigenvalue weighted by Crippen LogP contribution is 2.27. The van der Waals surface area contributed by atoms with Gasteiger partial charge in [0.15, 0.2) is 0 Å². The fourth-order valence-electron chi connectivity index (χ4n) is 2.18. The molecule has 2 rings (SSSR count). The van der Waals surface area contributed by atoms with Gasteiger partial charge in [-0.25, -0.2) is 4.39 Å². The van der Waals surface area contributed by atoms with Crippen molar-refractivity contribution in [3.8, 4) is 0 Å². The predicted molar refractivity (Wildman–Crippen MR) is 73.0 cm³/mol. The van der Waals surface area contributed by atoms with Crippen LogP contribution in [0.4, 0.5) is 10.1 Å². The lowest BCUT2D eigenvalue weighted by Gasteiger charge is -2.44. The molecule has 1 fully saturated rings. The van der Waals surface area contributed by atoms with Crippen molar-refractivity contribution in [1.29, 1.82) is 0 Å². The highest BCUT2D eigenvalue weighted by molar-refractivity contribution is 9.10. The summed E-state index contributed by atoms with van der Waals surface area (Å²) in [7, 11) is 0. The third-order valence-electron chi connectivity index (χ3n) is 3.21. The van der Waals surface area contributed by atoms with E-state index in [1.54, 1.807) is 0 Å². The number of rotatable bonds is 1. The Labute approximate surface area is 110 Å². The second-order valence-electron chi connectivity index (χ2n) is 5.34. The number of nitrogens with one attached hydrogen (secondary N) is 1. The van der Waals surface area contributed by atoms with Gasteiger partial charge in [0.25, 0.3) is 0 Å². The molecule has 0 radical (unpaired) electrons. The van der Waals surface area contributed by atoms with Gasteiger partial charge >= 0.3 is 0 Å². The first-order chi connectivity index (χ1) is 7.89. The van der Waals surface area contributed by atoms with Gasteiger partial charge in [-0.15, -0.1) is 0 Å². The normalized spacial score (nSPS) is 23.8. The Morgan fingerprint density at radius 2 is 2.18 bits per heavy atom. The average Bonchev–Trinajstić information content (AvgIpc) is 2.26. The Morgan fingerprint density at radius 1 is 1.47 bits per heavy atom. The van der Waals surface area contributed by atoms with Gasteiger partial charge in [0.05, 0.1) is 4.47 Å². The molecule has 1 unspecified atom stereocenters. The second-order valence-corrected chi connectivity index (χ2v) is 6.19. The first kappa shape index (κ1) is 12.8. The summed E-state index contributed by atoms with van der Waals surface area (Å²) in [6.45, 7) is 8.42. The Morgan fingerprint density at radius 3 is 2.82 bits per heavy atom. The molecular formula is C13H18BrFN2. The van der Waals surface area contributed by atoms with Crippen molar-refractivity contribution in [2.75, 3.05) is 18.0 Å². The molecule has 4 heteroatoms.